The van der Waals surface area contributed by atoms with Crippen molar-refractivity contribution in [2.24, 2.45) is 5.92 Å². The SMILES string of the molecule is O=C(Cc1ccccc1Br)CC1CCCCC1. The molecule has 0 spiro atoms. The van der Waals surface area contributed by atoms with E-state index in [1.165, 1.54) is 32.1 Å². The number of benzene rings is 1. The molecule has 1 nitrogen and oxygen atoms in total. The number of hydrogen-bond donors (Lipinski definition) is 0. The molecule has 0 N–H and O–H groups in total. The molecule has 1 fully saturated rings. The highest BCUT2D eigenvalue weighted by molar-refractivity contribution is 9.10. The summed E-state index contributed by atoms with van der Waals surface area (Å²) in [7, 11) is 0. The molecule has 0 aromatic heterocycles. The van der Waals surface area contributed by atoms with Gasteiger partial charge in [0, 0.05) is 17.3 Å². The molecule has 0 saturated heterocycles. The Hall–Kier alpha value is -0.630. The van der Waals surface area contributed by atoms with Crippen molar-refractivity contribution in [3.63, 3.8) is 0 Å². The minimum absolute atomic E-state index is 0.392. The number of carbonyl (C=O) groups is 1. The molecule has 0 heterocycles. The zero-order valence-electron chi connectivity index (χ0n) is 10.1. The highest BCUT2D eigenvalue weighted by Gasteiger charge is 2.17. The predicted molar refractivity (Wildman–Crippen MR) is 74.0 cm³/mol. The second-order valence-corrected chi connectivity index (χ2v) is 5.87. The lowest BCUT2D eigenvalue weighted by Gasteiger charge is -2.20. The molecular weight excluding hydrogens is 276 g/mol. The second kappa shape index (κ2) is 6.34. The normalized spacial score (nSPS) is 17.0. The van der Waals surface area contributed by atoms with Crippen LogP contribution in [0.25, 0.3) is 0 Å². The van der Waals surface area contributed by atoms with Crippen LogP contribution in [0.15, 0.2) is 28.7 Å². The molecule has 2 heteroatoms. The van der Waals surface area contributed by atoms with Crippen LogP contribution in [0.5, 0.6) is 0 Å². The molecular formula is C15H19BrO. The van der Waals surface area contributed by atoms with E-state index >= 15 is 0 Å². The summed E-state index contributed by atoms with van der Waals surface area (Å²) in [4.78, 5) is 12.0. The summed E-state index contributed by atoms with van der Waals surface area (Å²) < 4.78 is 1.05. The van der Waals surface area contributed by atoms with Gasteiger partial charge in [0.1, 0.15) is 5.78 Å². The molecule has 0 unspecified atom stereocenters. The second-order valence-electron chi connectivity index (χ2n) is 5.02. The van der Waals surface area contributed by atoms with E-state index < -0.39 is 0 Å². The van der Waals surface area contributed by atoms with Gasteiger partial charge in [-0.3, -0.25) is 4.79 Å². The first-order chi connectivity index (χ1) is 8.25. The highest BCUT2D eigenvalue weighted by Crippen LogP contribution is 2.27. The fourth-order valence-electron chi connectivity index (χ4n) is 2.64. The van der Waals surface area contributed by atoms with E-state index in [9.17, 15) is 4.79 Å². The maximum Gasteiger partial charge on any atom is 0.137 e. The number of rotatable bonds is 4. The average molecular weight is 295 g/mol. The lowest BCUT2D eigenvalue weighted by Crippen LogP contribution is -2.13. The van der Waals surface area contributed by atoms with Crippen molar-refractivity contribution in [3.8, 4) is 0 Å². The molecule has 1 saturated carbocycles. The Labute approximate surface area is 112 Å². The van der Waals surface area contributed by atoms with Crippen LogP contribution in [0.3, 0.4) is 0 Å². The fourth-order valence-corrected chi connectivity index (χ4v) is 3.06. The zero-order chi connectivity index (χ0) is 12.1. The van der Waals surface area contributed by atoms with E-state index in [4.69, 9.17) is 0 Å². The van der Waals surface area contributed by atoms with Crippen LogP contribution in [0, 0.1) is 5.92 Å². The first kappa shape index (κ1) is 12.8. The largest absolute Gasteiger partial charge is 0.299 e. The molecule has 1 aliphatic rings. The van der Waals surface area contributed by atoms with E-state index in [1.54, 1.807) is 0 Å². The molecule has 1 aliphatic carbocycles. The minimum Gasteiger partial charge on any atom is -0.299 e. The minimum atomic E-state index is 0.392. The van der Waals surface area contributed by atoms with Crippen molar-refractivity contribution >= 4 is 21.7 Å². The first-order valence-corrected chi connectivity index (χ1v) is 7.30. The van der Waals surface area contributed by atoms with Crippen molar-refractivity contribution in [2.45, 2.75) is 44.9 Å². The van der Waals surface area contributed by atoms with Crippen molar-refractivity contribution < 1.29 is 4.79 Å². The molecule has 0 bridgehead atoms. The monoisotopic (exact) mass is 294 g/mol. The number of halogens is 1. The number of ketones is 1. The number of carbonyl (C=O) groups excluding carboxylic acids is 1. The lowest BCUT2D eigenvalue weighted by atomic mass is 9.85. The Balaban J connectivity index is 1.86. The standard InChI is InChI=1S/C15H19BrO/c16-15-9-5-4-8-13(15)11-14(17)10-12-6-2-1-3-7-12/h4-5,8-9,12H,1-3,6-7,10-11H2. The molecule has 92 valence electrons. The van der Waals surface area contributed by atoms with Crippen LogP contribution >= 0.6 is 15.9 Å². The van der Waals surface area contributed by atoms with Crippen LogP contribution in [0.1, 0.15) is 44.1 Å². The van der Waals surface area contributed by atoms with Gasteiger partial charge in [0.2, 0.25) is 0 Å². The Bertz CT molecular complexity index is 380. The van der Waals surface area contributed by atoms with Gasteiger partial charge in [-0.15, -0.1) is 0 Å². The summed E-state index contributed by atoms with van der Waals surface area (Å²) in [6.07, 6.45) is 7.84. The van der Waals surface area contributed by atoms with Gasteiger partial charge in [0.05, 0.1) is 0 Å². The lowest BCUT2D eigenvalue weighted by molar-refractivity contribution is -0.119. The summed E-state index contributed by atoms with van der Waals surface area (Å²) in [6.45, 7) is 0. The van der Waals surface area contributed by atoms with Crippen LogP contribution in [0.2, 0.25) is 0 Å². The molecule has 2 rings (SSSR count). The smallest absolute Gasteiger partial charge is 0.137 e. The first-order valence-electron chi connectivity index (χ1n) is 6.51. The van der Waals surface area contributed by atoms with Gasteiger partial charge >= 0.3 is 0 Å². The zero-order valence-corrected chi connectivity index (χ0v) is 11.7. The van der Waals surface area contributed by atoms with Gasteiger partial charge in [0.15, 0.2) is 0 Å². The highest BCUT2D eigenvalue weighted by atomic mass is 79.9. The van der Waals surface area contributed by atoms with Crippen LogP contribution in [-0.2, 0) is 11.2 Å². The molecule has 0 atom stereocenters. The molecule has 0 aliphatic heterocycles. The van der Waals surface area contributed by atoms with Crippen molar-refractivity contribution in [3.05, 3.63) is 34.3 Å². The van der Waals surface area contributed by atoms with E-state index in [0.717, 1.165) is 16.5 Å². The third kappa shape index (κ3) is 3.95. The summed E-state index contributed by atoms with van der Waals surface area (Å²) in [6, 6.07) is 8.01. The molecule has 1 aromatic carbocycles. The van der Waals surface area contributed by atoms with E-state index in [-0.39, 0.29) is 0 Å². The third-order valence-corrected chi connectivity index (χ3v) is 4.36. The van der Waals surface area contributed by atoms with Gasteiger partial charge in [0.25, 0.3) is 0 Å². The Morgan fingerprint density at radius 3 is 2.59 bits per heavy atom. The predicted octanol–water partition coefficient (Wildman–Crippen LogP) is 4.53. The Morgan fingerprint density at radius 2 is 1.88 bits per heavy atom. The summed E-state index contributed by atoms with van der Waals surface area (Å²) in [5, 5.41) is 0. The van der Waals surface area contributed by atoms with E-state index in [1.807, 2.05) is 24.3 Å². The van der Waals surface area contributed by atoms with Crippen molar-refractivity contribution in [2.75, 3.05) is 0 Å². The molecule has 1 aromatic rings. The van der Waals surface area contributed by atoms with Crippen LogP contribution < -0.4 is 0 Å². The molecule has 0 radical (unpaired) electrons. The average Bonchev–Trinajstić information content (AvgIpc) is 2.33. The third-order valence-electron chi connectivity index (χ3n) is 3.59. The molecule has 17 heavy (non-hydrogen) atoms. The fraction of sp³-hybridized carbons (Fsp3) is 0.533. The van der Waals surface area contributed by atoms with Gasteiger partial charge in [-0.1, -0.05) is 66.2 Å². The number of Topliss-reactive ketones (excluding diaryl/α,β-unsaturated/α-hetero) is 1. The van der Waals surface area contributed by atoms with E-state index in [2.05, 4.69) is 15.9 Å². The van der Waals surface area contributed by atoms with Gasteiger partial charge < -0.3 is 0 Å². The summed E-state index contributed by atoms with van der Waals surface area (Å²) in [5.41, 5.74) is 1.12. The summed E-state index contributed by atoms with van der Waals surface area (Å²) in [5.74, 6) is 1.04. The Kier molecular flexibility index (Phi) is 4.78. The van der Waals surface area contributed by atoms with E-state index in [0.29, 0.717) is 18.1 Å². The van der Waals surface area contributed by atoms with Gasteiger partial charge in [-0.05, 0) is 17.5 Å². The molecule has 0 amide bonds. The summed E-state index contributed by atoms with van der Waals surface area (Å²) >= 11 is 3.50. The van der Waals surface area contributed by atoms with Crippen molar-refractivity contribution in [1.29, 1.82) is 0 Å². The topological polar surface area (TPSA) is 17.1 Å². The maximum absolute atomic E-state index is 12.0. The van der Waals surface area contributed by atoms with Crippen LogP contribution in [0.4, 0.5) is 0 Å². The maximum atomic E-state index is 12.0. The number of hydrogen-bond acceptors (Lipinski definition) is 1. The van der Waals surface area contributed by atoms with Gasteiger partial charge in [-0.25, -0.2) is 0 Å². The van der Waals surface area contributed by atoms with Gasteiger partial charge in [-0.2, -0.15) is 0 Å². The van der Waals surface area contributed by atoms with Crippen LogP contribution in [-0.4, -0.2) is 5.78 Å². The van der Waals surface area contributed by atoms with Crippen molar-refractivity contribution in [1.82, 2.24) is 0 Å². The quantitative estimate of drug-likeness (QED) is 0.797. The Morgan fingerprint density at radius 1 is 1.18 bits per heavy atom.